The molecule has 0 spiro atoms. The van der Waals surface area contributed by atoms with Crippen LogP contribution in [-0.2, 0) is 21.3 Å². The number of rotatable bonds is 9. The molecule has 0 saturated heterocycles. The first kappa shape index (κ1) is 24.6. The molecule has 0 fully saturated rings. The topological polar surface area (TPSA) is 149 Å². The minimum absolute atomic E-state index is 0.0581. The van der Waals surface area contributed by atoms with Gasteiger partial charge in [0.15, 0.2) is 5.13 Å². The molecular weight excluding hydrogens is 464 g/mol. The lowest BCUT2D eigenvalue weighted by Crippen LogP contribution is -2.12. The number of nitrogens with one attached hydrogen (secondary N) is 2. The molecule has 0 amide bonds. The minimum atomic E-state index is -3.73. The van der Waals surface area contributed by atoms with E-state index in [2.05, 4.69) is 25.6 Å². The molecule has 0 aliphatic heterocycles. The number of thiazole rings is 1. The molecule has 0 radical (unpaired) electrons. The second-order valence-corrected chi connectivity index (χ2v) is 10.0. The van der Waals surface area contributed by atoms with E-state index in [1.54, 1.807) is 26.0 Å². The minimum Gasteiger partial charge on any atom is -0.462 e. The molecule has 0 atom stereocenters. The number of carbonyl (C=O) groups is 1. The molecule has 0 aliphatic rings. The summed E-state index contributed by atoms with van der Waals surface area (Å²) in [4.78, 5) is 26.0. The molecule has 0 unspecified atom stereocenters. The molecule has 2 heterocycles. The second-order valence-electron chi connectivity index (χ2n) is 7.48. The molecule has 0 bridgehead atoms. The van der Waals surface area contributed by atoms with Gasteiger partial charge in [-0.2, -0.15) is 4.98 Å². The van der Waals surface area contributed by atoms with E-state index < -0.39 is 16.0 Å². The Morgan fingerprint density at radius 3 is 2.48 bits per heavy atom. The third kappa shape index (κ3) is 6.46. The smallest absolute Gasteiger partial charge is 0.350 e. The molecule has 4 N–H and O–H groups in total. The van der Waals surface area contributed by atoms with Crippen molar-refractivity contribution in [3.8, 4) is 0 Å². The van der Waals surface area contributed by atoms with Crippen molar-refractivity contribution < 1.29 is 17.9 Å². The number of carbonyl (C=O) groups excluding carboxylic acids is 1. The summed E-state index contributed by atoms with van der Waals surface area (Å²) in [5.41, 5.74) is 2.25. The van der Waals surface area contributed by atoms with Crippen LogP contribution >= 0.6 is 11.3 Å². The number of ether oxygens (including phenoxy) is 1. The summed E-state index contributed by atoms with van der Waals surface area (Å²) in [7, 11) is -3.73. The Hall–Kier alpha value is -3.09. The standard InChI is InChI=1S/C21H26N6O4S2/c1-5-31-19(28)18-13(4)24-21(32-18)27-20-25-16(12(2)3)10-17(26-20)23-11-14-6-8-15(9-7-14)33(22,29)30/h6-10,12H,5,11H2,1-4H3,(H2,22,29,30)(H2,23,24,25,26,27). The van der Waals surface area contributed by atoms with Gasteiger partial charge in [0.1, 0.15) is 10.7 Å². The number of hydrogen-bond acceptors (Lipinski definition) is 10. The summed E-state index contributed by atoms with van der Waals surface area (Å²) in [5, 5.41) is 11.9. The van der Waals surface area contributed by atoms with E-state index in [9.17, 15) is 13.2 Å². The average Bonchev–Trinajstić information content (AvgIpc) is 3.12. The summed E-state index contributed by atoms with van der Waals surface area (Å²) in [6, 6.07) is 8.15. The van der Waals surface area contributed by atoms with Crippen molar-refractivity contribution in [2.24, 2.45) is 5.14 Å². The maximum absolute atomic E-state index is 12.1. The maximum atomic E-state index is 12.1. The van der Waals surface area contributed by atoms with E-state index in [0.717, 1.165) is 11.3 Å². The number of esters is 1. The molecule has 3 aromatic rings. The Labute approximate surface area is 196 Å². The Bertz CT molecular complexity index is 1240. The van der Waals surface area contributed by atoms with Gasteiger partial charge in [0, 0.05) is 12.6 Å². The fourth-order valence-corrected chi connectivity index (χ4v) is 4.20. The van der Waals surface area contributed by atoms with Gasteiger partial charge in [-0.3, -0.25) is 5.32 Å². The molecule has 0 saturated carbocycles. The van der Waals surface area contributed by atoms with Crippen LogP contribution in [-0.4, -0.2) is 35.9 Å². The third-order valence-electron chi connectivity index (χ3n) is 4.54. The van der Waals surface area contributed by atoms with Gasteiger partial charge in [-0.1, -0.05) is 37.3 Å². The lowest BCUT2D eigenvalue weighted by atomic mass is 10.1. The number of benzene rings is 1. The van der Waals surface area contributed by atoms with Crippen LogP contribution in [0.15, 0.2) is 35.2 Å². The van der Waals surface area contributed by atoms with E-state index >= 15 is 0 Å². The van der Waals surface area contributed by atoms with Gasteiger partial charge in [0.25, 0.3) is 0 Å². The number of primary sulfonamides is 1. The summed E-state index contributed by atoms with van der Waals surface area (Å²) in [6.45, 7) is 8.25. The number of sulfonamides is 1. The van der Waals surface area contributed by atoms with Gasteiger partial charge in [-0.05, 0) is 37.5 Å². The quantitative estimate of drug-likeness (QED) is 0.383. The number of hydrogen-bond donors (Lipinski definition) is 3. The summed E-state index contributed by atoms with van der Waals surface area (Å²) in [5.74, 6) is 0.674. The van der Waals surface area contributed by atoms with E-state index in [0.29, 0.717) is 34.0 Å². The lowest BCUT2D eigenvalue weighted by molar-refractivity contribution is 0.0531. The van der Waals surface area contributed by atoms with E-state index in [1.807, 2.05) is 19.9 Å². The molecule has 176 valence electrons. The first-order valence-corrected chi connectivity index (χ1v) is 12.6. The van der Waals surface area contributed by atoms with Crippen molar-refractivity contribution in [3.05, 3.63) is 52.2 Å². The van der Waals surface area contributed by atoms with Gasteiger partial charge in [0.2, 0.25) is 16.0 Å². The van der Waals surface area contributed by atoms with Crippen molar-refractivity contribution in [2.75, 3.05) is 17.2 Å². The zero-order valence-electron chi connectivity index (χ0n) is 18.7. The molecule has 3 rings (SSSR count). The maximum Gasteiger partial charge on any atom is 0.350 e. The molecule has 0 aliphatic carbocycles. The predicted octanol–water partition coefficient (Wildman–Crippen LogP) is 3.54. The zero-order chi connectivity index (χ0) is 24.2. The van der Waals surface area contributed by atoms with Crippen molar-refractivity contribution in [3.63, 3.8) is 0 Å². The highest BCUT2D eigenvalue weighted by Crippen LogP contribution is 2.27. The highest BCUT2D eigenvalue weighted by Gasteiger charge is 2.17. The zero-order valence-corrected chi connectivity index (χ0v) is 20.4. The van der Waals surface area contributed by atoms with Crippen LogP contribution < -0.4 is 15.8 Å². The normalized spacial score (nSPS) is 11.5. The van der Waals surface area contributed by atoms with Crippen LogP contribution in [0, 0.1) is 6.92 Å². The largest absolute Gasteiger partial charge is 0.462 e. The Kier molecular flexibility index (Phi) is 7.61. The lowest BCUT2D eigenvalue weighted by Gasteiger charge is -2.12. The van der Waals surface area contributed by atoms with Crippen LogP contribution in [0.1, 0.15) is 53.3 Å². The molecule has 10 nitrogen and oxygen atoms in total. The average molecular weight is 491 g/mol. The molecule has 33 heavy (non-hydrogen) atoms. The SMILES string of the molecule is CCOC(=O)c1sc(Nc2nc(NCc3ccc(S(N)(=O)=O)cc3)cc(C(C)C)n2)nc1C. The highest BCUT2D eigenvalue weighted by molar-refractivity contribution is 7.89. The van der Waals surface area contributed by atoms with Crippen molar-refractivity contribution in [1.82, 2.24) is 15.0 Å². The summed E-state index contributed by atoms with van der Waals surface area (Å²) < 4.78 is 27.9. The van der Waals surface area contributed by atoms with Crippen LogP contribution in [0.3, 0.4) is 0 Å². The van der Waals surface area contributed by atoms with E-state index in [-0.39, 0.29) is 17.4 Å². The van der Waals surface area contributed by atoms with Gasteiger partial charge in [0.05, 0.1) is 22.9 Å². The van der Waals surface area contributed by atoms with Crippen LogP contribution in [0.5, 0.6) is 0 Å². The van der Waals surface area contributed by atoms with Gasteiger partial charge < -0.3 is 10.1 Å². The third-order valence-corrected chi connectivity index (χ3v) is 6.52. The van der Waals surface area contributed by atoms with Crippen LogP contribution in [0.2, 0.25) is 0 Å². The number of aryl methyl sites for hydroxylation is 1. The van der Waals surface area contributed by atoms with Crippen LogP contribution in [0.25, 0.3) is 0 Å². The van der Waals surface area contributed by atoms with Crippen LogP contribution in [0.4, 0.5) is 16.9 Å². The van der Waals surface area contributed by atoms with Crippen molar-refractivity contribution in [2.45, 2.75) is 45.1 Å². The summed E-state index contributed by atoms with van der Waals surface area (Å²) >= 11 is 1.18. The monoisotopic (exact) mass is 490 g/mol. The number of aromatic nitrogens is 3. The molecule has 12 heteroatoms. The van der Waals surface area contributed by atoms with E-state index in [1.165, 1.54) is 23.5 Å². The van der Waals surface area contributed by atoms with E-state index in [4.69, 9.17) is 9.88 Å². The Morgan fingerprint density at radius 2 is 1.88 bits per heavy atom. The van der Waals surface area contributed by atoms with Gasteiger partial charge in [-0.25, -0.2) is 28.3 Å². The first-order valence-electron chi connectivity index (χ1n) is 10.2. The fourth-order valence-electron chi connectivity index (χ4n) is 2.83. The first-order chi connectivity index (χ1) is 15.6. The Balaban J connectivity index is 1.78. The Morgan fingerprint density at radius 1 is 1.18 bits per heavy atom. The molecule has 2 aromatic heterocycles. The predicted molar refractivity (Wildman–Crippen MR) is 127 cm³/mol. The highest BCUT2D eigenvalue weighted by atomic mass is 32.2. The van der Waals surface area contributed by atoms with Crippen molar-refractivity contribution >= 4 is 44.2 Å². The van der Waals surface area contributed by atoms with Gasteiger partial charge in [-0.15, -0.1) is 0 Å². The molecule has 1 aromatic carbocycles. The number of anilines is 3. The summed E-state index contributed by atoms with van der Waals surface area (Å²) in [6.07, 6.45) is 0. The van der Waals surface area contributed by atoms with Gasteiger partial charge >= 0.3 is 5.97 Å². The second kappa shape index (κ2) is 10.2. The molecular formula is C21H26N6O4S2. The number of nitrogens with two attached hydrogens (primary N) is 1. The fraction of sp³-hybridized carbons (Fsp3) is 0.333. The number of nitrogens with zero attached hydrogens (tertiary/aromatic N) is 3. The van der Waals surface area contributed by atoms with Crippen molar-refractivity contribution in [1.29, 1.82) is 0 Å².